The topological polar surface area (TPSA) is 131 Å². The van der Waals surface area contributed by atoms with E-state index in [1.807, 2.05) is 30.3 Å². The van der Waals surface area contributed by atoms with Gasteiger partial charge in [0.05, 0.1) is 0 Å². The van der Waals surface area contributed by atoms with E-state index in [1.54, 1.807) is 6.08 Å². The van der Waals surface area contributed by atoms with Crippen molar-refractivity contribution in [2.24, 2.45) is 5.73 Å². The molecule has 0 aliphatic heterocycles. The lowest BCUT2D eigenvalue weighted by Gasteiger charge is -2.03. The van der Waals surface area contributed by atoms with Gasteiger partial charge in [0.1, 0.15) is 0 Å². The molecule has 8 heteroatoms. The maximum atomic E-state index is 5.68. The van der Waals surface area contributed by atoms with Crippen LogP contribution in [0.5, 0.6) is 0 Å². The molecule has 4 nitrogen and oxygen atoms in total. The van der Waals surface area contributed by atoms with Crippen LogP contribution in [0.4, 0.5) is 0 Å². The second kappa shape index (κ2) is 25.0. The third kappa shape index (κ3) is 16.0. The molecule has 0 fully saturated rings. The molecular weight excluding hydrogens is 306 g/mol. The maximum Gasteiger partial charge on any atom is 0.0478 e. The molecule has 1 unspecified atom stereocenters. The summed E-state index contributed by atoms with van der Waals surface area (Å²) in [6.45, 7) is 3.61. The van der Waals surface area contributed by atoms with Gasteiger partial charge in [0.15, 0.2) is 0 Å². The fourth-order valence-corrected chi connectivity index (χ4v) is 0.811. The summed E-state index contributed by atoms with van der Waals surface area (Å²) in [7, 11) is 0. The van der Waals surface area contributed by atoms with Crippen LogP contribution >= 0.6 is 49.6 Å². The van der Waals surface area contributed by atoms with Crippen LogP contribution in [0.3, 0.4) is 0 Å². The van der Waals surface area contributed by atoms with Crippen molar-refractivity contribution in [1.29, 1.82) is 0 Å². The first-order chi connectivity index (χ1) is 4.84. The van der Waals surface area contributed by atoms with Crippen molar-refractivity contribution in [3.63, 3.8) is 0 Å². The molecule has 1 aromatic rings. The molecule has 0 aliphatic rings. The first-order valence-electron chi connectivity index (χ1n) is 3.27. The fraction of sp³-hybridized carbons (Fsp3) is 0.111. The van der Waals surface area contributed by atoms with E-state index in [0.717, 1.165) is 5.56 Å². The van der Waals surface area contributed by atoms with Crippen LogP contribution in [0.1, 0.15) is 11.6 Å². The van der Waals surface area contributed by atoms with E-state index in [0.29, 0.717) is 0 Å². The van der Waals surface area contributed by atoms with Crippen LogP contribution in [0.25, 0.3) is 0 Å². The second-order valence-corrected chi connectivity index (χ2v) is 2.17. The van der Waals surface area contributed by atoms with Gasteiger partial charge >= 0.3 is 0 Å². The Kier molecular flexibility index (Phi) is 64.0. The highest BCUT2D eigenvalue weighted by molar-refractivity contribution is 5.86. The number of nitrogens with two attached hydrogens (primary N) is 1. The van der Waals surface area contributed by atoms with Gasteiger partial charge in [0.25, 0.3) is 0 Å². The Hall–Kier alpha value is -0.0400. The molecule has 108 valence electrons. The zero-order chi connectivity index (χ0) is 7.40. The number of hydrogen-bond donors (Lipinski definition) is 4. The van der Waals surface area contributed by atoms with Crippen molar-refractivity contribution in [1.82, 2.24) is 18.5 Å². The van der Waals surface area contributed by atoms with Gasteiger partial charge in [-0.25, -0.2) is 0 Å². The highest BCUT2D eigenvalue weighted by atomic mass is 35.5. The summed E-state index contributed by atoms with van der Waals surface area (Å²) in [6.07, 6.45) is 1.73. The van der Waals surface area contributed by atoms with Crippen molar-refractivity contribution < 1.29 is 0 Å². The predicted octanol–water partition coefficient (Wildman–Crippen LogP) is 4.05. The summed E-state index contributed by atoms with van der Waals surface area (Å²) in [4.78, 5) is 0. The Morgan fingerprint density at radius 3 is 1.53 bits per heavy atom. The molecular formula is C9H24Cl4N4. The zero-order valence-electron chi connectivity index (χ0n) is 9.58. The largest absolute Gasteiger partial charge is 0.344 e. The third-order valence-electron chi connectivity index (χ3n) is 1.44. The third-order valence-corrected chi connectivity index (χ3v) is 1.44. The molecule has 0 heterocycles. The summed E-state index contributed by atoms with van der Waals surface area (Å²) in [5.41, 5.74) is 6.79. The van der Waals surface area contributed by atoms with Gasteiger partial charge in [-0.15, -0.1) is 56.2 Å². The summed E-state index contributed by atoms with van der Waals surface area (Å²) in [5, 5.41) is 0. The van der Waals surface area contributed by atoms with Crippen molar-refractivity contribution in [3.05, 3.63) is 48.6 Å². The minimum absolute atomic E-state index is 0. The zero-order valence-corrected chi connectivity index (χ0v) is 12.8. The fourth-order valence-electron chi connectivity index (χ4n) is 0.811. The Balaban J connectivity index is -0.0000000286. The average Bonchev–Trinajstić information content (AvgIpc) is 2.05. The van der Waals surface area contributed by atoms with E-state index < -0.39 is 0 Å². The van der Waals surface area contributed by atoms with E-state index in [9.17, 15) is 0 Å². The number of halogens is 4. The molecule has 0 bridgehead atoms. The molecule has 0 aliphatic carbocycles. The normalized spacial score (nSPS) is 7.35. The lowest BCUT2D eigenvalue weighted by molar-refractivity contribution is 0.914. The monoisotopic (exact) mass is 328 g/mol. The molecule has 0 radical (unpaired) electrons. The summed E-state index contributed by atoms with van der Waals surface area (Å²) >= 11 is 0. The van der Waals surface area contributed by atoms with Crippen LogP contribution < -0.4 is 24.2 Å². The van der Waals surface area contributed by atoms with Crippen LogP contribution in [-0.2, 0) is 0 Å². The summed E-state index contributed by atoms with van der Waals surface area (Å²) in [5.74, 6) is 0. The smallest absolute Gasteiger partial charge is 0.0478 e. The summed E-state index contributed by atoms with van der Waals surface area (Å²) < 4.78 is 0. The van der Waals surface area contributed by atoms with Gasteiger partial charge in [-0.3, -0.25) is 0 Å². The van der Waals surface area contributed by atoms with Crippen molar-refractivity contribution >= 4 is 49.6 Å². The SMILES string of the molecule is C=CC(N)c1ccccc1.Cl.Cl.Cl.Cl.N.N.N. The molecule has 17 heavy (non-hydrogen) atoms. The highest BCUT2D eigenvalue weighted by Gasteiger charge is 1.96. The van der Waals surface area contributed by atoms with E-state index in [1.165, 1.54) is 0 Å². The number of rotatable bonds is 2. The van der Waals surface area contributed by atoms with Crippen LogP contribution in [0.15, 0.2) is 43.0 Å². The molecule has 1 atom stereocenters. The van der Waals surface area contributed by atoms with Gasteiger partial charge < -0.3 is 24.2 Å². The lowest BCUT2D eigenvalue weighted by Crippen LogP contribution is -2.05. The van der Waals surface area contributed by atoms with E-state index in [2.05, 4.69) is 6.58 Å². The Labute approximate surface area is 128 Å². The van der Waals surface area contributed by atoms with Gasteiger partial charge in [0.2, 0.25) is 0 Å². The molecule has 0 saturated carbocycles. The van der Waals surface area contributed by atoms with Gasteiger partial charge in [-0.05, 0) is 5.56 Å². The molecule has 0 amide bonds. The van der Waals surface area contributed by atoms with Crippen molar-refractivity contribution in [2.45, 2.75) is 6.04 Å². The molecule has 11 N–H and O–H groups in total. The highest BCUT2D eigenvalue weighted by Crippen LogP contribution is 2.08. The second-order valence-electron chi connectivity index (χ2n) is 2.17. The first-order valence-corrected chi connectivity index (χ1v) is 3.27. The van der Waals surface area contributed by atoms with Crippen LogP contribution in [0, 0.1) is 0 Å². The van der Waals surface area contributed by atoms with E-state index >= 15 is 0 Å². The van der Waals surface area contributed by atoms with Gasteiger partial charge in [0, 0.05) is 6.04 Å². The van der Waals surface area contributed by atoms with Crippen molar-refractivity contribution in [3.8, 4) is 0 Å². The van der Waals surface area contributed by atoms with Gasteiger partial charge in [-0.1, -0.05) is 36.4 Å². The standard InChI is InChI=1S/C9H11N.4ClH.3H3N/c1-2-9(10)8-6-4-3-5-7-8;;;;;;;/h2-7,9H,1,10H2;4*1H;3*1H3. The first kappa shape index (κ1) is 43.5. The molecule has 0 aromatic heterocycles. The van der Waals surface area contributed by atoms with Crippen molar-refractivity contribution in [2.75, 3.05) is 0 Å². The summed E-state index contributed by atoms with van der Waals surface area (Å²) in [6, 6.07) is 9.87. The molecule has 0 spiro atoms. The molecule has 0 saturated heterocycles. The minimum atomic E-state index is -0.0267. The quantitative estimate of drug-likeness (QED) is 0.609. The minimum Gasteiger partial charge on any atom is -0.344 e. The van der Waals surface area contributed by atoms with Crippen LogP contribution in [-0.4, -0.2) is 0 Å². The Morgan fingerprint density at radius 1 is 0.882 bits per heavy atom. The predicted molar refractivity (Wildman–Crippen MR) is 87.6 cm³/mol. The van der Waals surface area contributed by atoms with E-state index in [4.69, 9.17) is 5.73 Å². The number of benzene rings is 1. The van der Waals surface area contributed by atoms with E-state index in [-0.39, 0.29) is 74.1 Å². The number of hydrogen-bond acceptors (Lipinski definition) is 4. The van der Waals surface area contributed by atoms with Crippen LogP contribution in [0.2, 0.25) is 0 Å². The average molecular weight is 330 g/mol. The lowest BCUT2D eigenvalue weighted by atomic mass is 10.1. The Bertz CT molecular complexity index is 223. The molecule has 1 aromatic carbocycles. The van der Waals surface area contributed by atoms with Gasteiger partial charge in [-0.2, -0.15) is 0 Å². The maximum absolute atomic E-state index is 5.68. The Morgan fingerprint density at radius 2 is 1.24 bits per heavy atom. The molecule has 1 rings (SSSR count).